The van der Waals surface area contributed by atoms with Crippen molar-refractivity contribution in [3.05, 3.63) is 30.3 Å². The van der Waals surface area contributed by atoms with Crippen LogP contribution in [0.5, 0.6) is 0 Å². The summed E-state index contributed by atoms with van der Waals surface area (Å²) in [7, 11) is 0. The molecule has 0 atom stereocenters. The van der Waals surface area contributed by atoms with Gasteiger partial charge in [-0.1, -0.05) is 18.2 Å². The Balaban J connectivity index is 2.04. The number of para-hydroxylation sites is 1. The van der Waals surface area contributed by atoms with Gasteiger partial charge >= 0.3 is 6.18 Å². The number of halogens is 3. The Morgan fingerprint density at radius 2 is 1.79 bits per heavy atom. The van der Waals surface area contributed by atoms with E-state index in [4.69, 9.17) is 0 Å². The number of nitrogens with one attached hydrogen (secondary N) is 1. The van der Waals surface area contributed by atoms with Crippen LogP contribution in [0.3, 0.4) is 0 Å². The van der Waals surface area contributed by atoms with Crippen LogP contribution < -0.4 is 5.43 Å². The van der Waals surface area contributed by atoms with Gasteiger partial charge in [-0.05, 0) is 38.1 Å². The monoisotopic (exact) mass is 271 g/mol. The van der Waals surface area contributed by atoms with E-state index in [1.54, 1.807) is 35.2 Å². The van der Waals surface area contributed by atoms with E-state index < -0.39 is 11.9 Å². The van der Waals surface area contributed by atoms with Crippen LogP contribution in [0.4, 0.5) is 18.9 Å². The van der Waals surface area contributed by atoms with E-state index in [1.165, 1.54) is 0 Å². The average Bonchev–Trinajstić information content (AvgIpc) is 2.87. The molecule has 1 fully saturated rings. The third kappa shape index (κ3) is 4.24. The molecule has 0 aromatic heterocycles. The molecule has 0 bridgehead atoms. The Bertz CT molecular complexity index is 423. The quantitative estimate of drug-likeness (QED) is 0.673. The summed E-state index contributed by atoms with van der Waals surface area (Å²) in [5, 5.41) is 3.53. The van der Waals surface area contributed by atoms with Gasteiger partial charge in [0.25, 0.3) is 0 Å². The first-order chi connectivity index (χ1) is 9.05. The van der Waals surface area contributed by atoms with Crippen LogP contribution in [-0.4, -0.2) is 36.4 Å². The smallest absolute Gasteiger partial charge is 0.297 e. The van der Waals surface area contributed by atoms with Crippen molar-refractivity contribution in [1.82, 2.24) is 4.90 Å². The lowest BCUT2D eigenvalue weighted by Gasteiger charge is -2.18. The molecular formula is C13H16F3N3. The molecule has 1 aliphatic heterocycles. The molecule has 1 heterocycles. The van der Waals surface area contributed by atoms with Gasteiger partial charge in [0.15, 0.2) is 5.71 Å². The van der Waals surface area contributed by atoms with Gasteiger partial charge in [-0.2, -0.15) is 18.3 Å². The summed E-state index contributed by atoms with van der Waals surface area (Å²) in [5.74, 6) is 0. The van der Waals surface area contributed by atoms with Crippen LogP contribution in [0.15, 0.2) is 35.4 Å². The molecular weight excluding hydrogens is 255 g/mol. The van der Waals surface area contributed by atoms with E-state index >= 15 is 0 Å². The van der Waals surface area contributed by atoms with E-state index in [-0.39, 0.29) is 6.54 Å². The normalized spacial score (nSPS) is 17.7. The van der Waals surface area contributed by atoms with Crippen molar-refractivity contribution in [2.24, 2.45) is 5.10 Å². The minimum Gasteiger partial charge on any atom is -0.297 e. The highest BCUT2D eigenvalue weighted by atomic mass is 19.4. The second kappa shape index (κ2) is 6.06. The summed E-state index contributed by atoms with van der Waals surface area (Å²) in [5.41, 5.74) is 2.23. The molecule has 1 aromatic carbocycles. The minimum atomic E-state index is -4.40. The highest BCUT2D eigenvalue weighted by Crippen LogP contribution is 2.20. The summed E-state index contributed by atoms with van der Waals surface area (Å²) in [6, 6.07) is 8.63. The molecule has 0 aliphatic carbocycles. The number of anilines is 1. The van der Waals surface area contributed by atoms with Crippen molar-refractivity contribution < 1.29 is 13.2 Å². The largest absolute Gasteiger partial charge is 0.432 e. The van der Waals surface area contributed by atoms with Crippen LogP contribution in [-0.2, 0) is 0 Å². The first-order valence-corrected chi connectivity index (χ1v) is 6.23. The van der Waals surface area contributed by atoms with Crippen LogP contribution >= 0.6 is 0 Å². The summed E-state index contributed by atoms with van der Waals surface area (Å²) in [6.45, 7) is 1.27. The summed E-state index contributed by atoms with van der Waals surface area (Å²) in [6.07, 6.45) is -2.49. The second-order valence-corrected chi connectivity index (χ2v) is 4.52. The fourth-order valence-electron chi connectivity index (χ4n) is 1.99. The maximum Gasteiger partial charge on any atom is 0.432 e. The molecule has 1 aliphatic rings. The van der Waals surface area contributed by atoms with Gasteiger partial charge in [0.05, 0.1) is 5.69 Å². The maximum atomic E-state index is 12.9. The molecule has 0 spiro atoms. The van der Waals surface area contributed by atoms with Crippen LogP contribution in [0.1, 0.15) is 12.8 Å². The van der Waals surface area contributed by atoms with Gasteiger partial charge < -0.3 is 0 Å². The highest BCUT2D eigenvalue weighted by molar-refractivity contribution is 5.92. The SMILES string of the molecule is FC(F)(F)/C(CN1CCCC1)=N\Nc1ccccc1. The minimum absolute atomic E-state index is 0.149. The molecule has 1 N–H and O–H groups in total. The first-order valence-electron chi connectivity index (χ1n) is 6.23. The molecule has 0 amide bonds. The van der Waals surface area contributed by atoms with Gasteiger partial charge in [0.1, 0.15) is 0 Å². The van der Waals surface area contributed by atoms with Crippen molar-refractivity contribution in [3.63, 3.8) is 0 Å². The third-order valence-electron chi connectivity index (χ3n) is 2.99. The molecule has 1 saturated heterocycles. The molecule has 6 heteroatoms. The van der Waals surface area contributed by atoms with E-state index in [0.717, 1.165) is 12.8 Å². The van der Waals surface area contributed by atoms with Gasteiger partial charge in [-0.15, -0.1) is 0 Å². The van der Waals surface area contributed by atoms with E-state index in [0.29, 0.717) is 18.8 Å². The molecule has 3 nitrogen and oxygen atoms in total. The summed E-state index contributed by atoms with van der Waals surface area (Å²) in [4.78, 5) is 1.78. The number of benzene rings is 1. The van der Waals surface area contributed by atoms with E-state index in [9.17, 15) is 13.2 Å². The number of likely N-dealkylation sites (tertiary alicyclic amines) is 1. The number of rotatable bonds is 4. The maximum absolute atomic E-state index is 12.9. The van der Waals surface area contributed by atoms with Crippen LogP contribution in [0.2, 0.25) is 0 Å². The Morgan fingerprint density at radius 1 is 1.16 bits per heavy atom. The first kappa shape index (κ1) is 13.9. The predicted molar refractivity (Wildman–Crippen MR) is 69.2 cm³/mol. The molecule has 19 heavy (non-hydrogen) atoms. The van der Waals surface area contributed by atoms with Gasteiger partial charge in [0, 0.05) is 6.54 Å². The van der Waals surface area contributed by atoms with Crippen molar-refractivity contribution in [1.29, 1.82) is 0 Å². The lowest BCUT2D eigenvalue weighted by atomic mass is 10.3. The average molecular weight is 271 g/mol. The van der Waals surface area contributed by atoms with Gasteiger partial charge in [-0.3, -0.25) is 10.3 Å². The Kier molecular flexibility index (Phi) is 4.42. The lowest BCUT2D eigenvalue weighted by Crippen LogP contribution is -2.36. The highest BCUT2D eigenvalue weighted by Gasteiger charge is 2.37. The second-order valence-electron chi connectivity index (χ2n) is 4.52. The number of hydrogen-bond donors (Lipinski definition) is 1. The summed E-state index contributed by atoms with van der Waals surface area (Å²) < 4.78 is 38.6. The zero-order chi connectivity index (χ0) is 13.7. The number of nitrogens with zero attached hydrogens (tertiary/aromatic N) is 2. The zero-order valence-corrected chi connectivity index (χ0v) is 10.5. The topological polar surface area (TPSA) is 27.6 Å². The molecule has 2 rings (SSSR count). The third-order valence-corrected chi connectivity index (χ3v) is 2.99. The number of alkyl halides is 3. The standard InChI is InChI=1S/C13H16F3N3/c14-13(15,16)12(10-19-8-4-5-9-19)18-17-11-6-2-1-3-7-11/h1-3,6-7,17H,4-5,8-10H2/b18-12-. The fourth-order valence-corrected chi connectivity index (χ4v) is 1.99. The predicted octanol–water partition coefficient (Wildman–Crippen LogP) is 3.11. The molecule has 104 valence electrons. The van der Waals surface area contributed by atoms with E-state index in [1.807, 2.05) is 0 Å². The molecule has 0 unspecified atom stereocenters. The van der Waals surface area contributed by atoms with Crippen molar-refractivity contribution in [2.45, 2.75) is 19.0 Å². The lowest BCUT2D eigenvalue weighted by molar-refractivity contribution is -0.0613. The molecule has 1 aromatic rings. The fraction of sp³-hybridized carbons (Fsp3) is 0.462. The Hall–Kier alpha value is -1.56. The van der Waals surface area contributed by atoms with Crippen LogP contribution in [0.25, 0.3) is 0 Å². The Labute approximate surface area is 110 Å². The summed E-state index contributed by atoms with van der Waals surface area (Å²) >= 11 is 0. The molecule has 0 radical (unpaired) electrons. The zero-order valence-electron chi connectivity index (χ0n) is 10.5. The van der Waals surface area contributed by atoms with Crippen molar-refractivity contribution in [2.75, 3.05) is 25.1 Å². The van der Waals surface area contributed by atoms with Crippen LogP contribution in [0, 0.1) is 0 Å². The van der Waals surface area contributed by atoms with Crippen molar-refractivity contribution in [3.8, 4) is 0 Å². The van der Waals surface area contributed by atoms with E-state index in [2.05, 4.69) is 10.5 Å². The van der Waals surface area contributed by atoms with Gasteiger partial charge in [-0.25, -0.2) is 0 Å². The molecule has 0 saturated carbocycles. The van der Waals surface area contributed by atoms with Crippen molar-refractivity contribution >= 4 is 11.4 Å². The number of hydrogen-bond acceptors (Lipinski definition) is 3. The Morgan fingerprint density at radius 3 is 2.37 bits per heavy atom. The van der Waals surface area contributed by atoms with Gasteiger partial charge in [0.2, 0.25) is 0 Å². The number of hydrazone groups is 1.